The maximum absolute atomic E-state index is 12.5. The van der Waals surface area contributed by atoms with Gasteiger partial charge in [0.1, 0.15) is 29.3 Å². The Bertz CT molecular complexity index is 973. The highest BCUT2D eigenvalue weighted by molar-refractivity contribution is 5.75. The van der Waals surface area contributed by atoms with E-state index < -0.39 is 5.41 Å². The molecule has 1 unspecified atom stereocenters. The van der Waals surface area contributed by atoms with Crippen molar-refractivity contribution in [3.63, 3.8) is 0 Å². The normalized spacial score (nSPS) is 14.7. The Hall–Kier alpha value is -3.27. The number of rotatable bonds is 6. The van der Waals surface area contributed by atoms with E-state index in [4.69, 9.17) is 14.2 Å². The number of fused-ring (bicyclic) bond motifs is 2. The monoisotopic (exact) mass is 388 g/mol. The van der Waals surface area contributed by atoms with Crippen molar-refractivity contribution in [3.05, 3.63) is 83.4 Å². The molecular weight excluding hydrogens is 364 g/mol. The molecule has 3 aromatic carbocycles. The van der Waals surface area contributed by atoms with Crippen molar-refractivity contribution in [1.82, 2.24) is 0 Å². The summed E-state index contributed by atoms with van der Waals surface area (Å²) in [5.74, 6) is 2.40. The lowest BCUT2D eigenvalue weighted by Gasteiger charge is -2.45. The van der Waals surface area contributed by atoms with Crippen molar-refractivity contribution in [3.8, 4) is 23.0 Å². The first kappa shape index (κ1) is 19.1. The molecule has 0 aromatic heterocycles. The Kier molecular flexibility index (Phi) is 5.01. The Morgan fingerprint density at radius 3 is 1.86 bits per heavy atom. The topological polar surface area (TPSA) is 44.8 Å². The van der Waals surface area contributed by atoms with Gasteiger partial charge in [0, 0.05) is 5.92 Å². The lowest BCUT2D eigenvalue weighted by atomic mass is 9.59. The second kappa shape index (κ2) is 7.63. The molecule has 0 radical (unpaired) electrons. The van der Waals surface area contributed by atoms with Crippen molar-refractivity contribution < 1.29 is 19.0 Å². The predicted molar refractivity (Wildman–Crippen MR) is 112 cm³/mol. The van der Waals surface area contributed by atoms with Crippen molar-refractivity contribution in [1.29, 1.82) is 0 Å². The molecule has 0 saturated heterocycles. The molecule has 0 aliphatic carbocycles. The zero-order valence-corrected chi connectivity index (χ0v) is 16.8. The Labute approximate surface area is 171 Å². The summed E-state index contributed by atoms with van der Waals surface area (Å²) in [6.45, 7) is 2.03. The molecule has 4 nitrogen and oxygen atoms in total. The van der Waals surface area contributed by atoms with Crippen LogP contribution in [-0.4, -0.2) is 20.5 Å². The fourth-order valence-electron chi connectivity index (χ4n) is 4.63. The summed E-state index contributed by atoms with van der Waals surface area (Å²) in [6, 6.07) is 21.6. The van der Waals surface area contributed by atoms with Gasteiger partial charge in [-0.05, 0) is 36.2 Å². The molecule has 1 aliphatic heterocycles. The summed E-state index contributed by atoms with van der Waals surface area (Å²) in [6.07, 6.45) is 1.69. The van der Waals surface area contributed by atoms with Crippen LogP contribution in [-0.2, 0) is 10.2 Å². The van der Waals surface area contributed by atoms with E-state index in [0.29, 0.717) is 29.4 Å². The van der Waals surface area contributed by atoms with Crippen molar-refractivity contribution in [2.45, 2.75) is 18.8 Å². The molecule has 148 valence electrons. The smallest absolute Gasteiger partial charge is 0.135 e. The number of carbonyl (C=O) groups excluding carboxylic acids is 1. The highest BCUT2D eigenvalue weighted by Crippen LogP contribution is 2.60. The average molecular weight is 388 g/mol. The molecule has 0 N–H and O–H groups in total. The van der Waals surface area contributed by atoms with E-state index in [9.17, 15) is 4.79 Å². The molecule has 4 heteroatoms. The maximum atomic E-state index is 12.5. The predicted octanol–water partition coefficient (Wildman–Crippen LogP) is 5.37. The number of aldehydes is 1. The van der Waals surface area contributed by atoms with E-state index in [1.165, 1.54) is 0 Å². The lowest BCUT2D eigenvalue weighted by molar-refractivity contribution is -0.112. The van der Waals surface area contributed by atoms with Gasteiger partial charge >= 0.3 is 0 Å². The van der Waals surface area contributed by atoms with Crippen LogP contribution in [0.15, 0.2) is 66.7 Å². The summed E-state index contributed by atoms with van der Waals surface area (Å²) < 4.78 is 17.9. The van der Waals surface area contributed by atoms with Crippen molar-refractivity contribution in [2.24, 2.45) is 5.92 Å². The first-order valence-corrected chi connectivity index (χ1v) is 9.75. The van der Waals surface area contributed by atoms with E-state index in [-0.39, 0.29) is 5.92 Å². The van der Waals surface area contributed by atoms with Gasteiger partial charge in [0.05, 0.1) is 30.8 Å². The molecule has 1 aliphatic rings. The van der Waals surface area contributed by atoms with E-state index >= 15 is 0 Å². The van der Waals surface area contributed by atoms with E-state index in [1.807, 2.05) is 61.5 Å². The van der Waals surface area contributed by atoms with Crippen LogP contribution in [0.25, 0.3) is 0 Å². The lowest BCUT2D eigenvalue weighted by Crippen LogP contribution is -2.41. The van der Waals surface area contributed by atoms with E-state index in [1.54, 1.807) is 14.2 Å². The summed E-state index contributed by atoms with van der Waals surface area (Å²) >= 11 is 0. The van der Waals surface area contributed by atoms with Gasteiger partial charge in [0.25, 0.3) is 0 Å². The van der Waals surface area contributed by atoms with Crippen LogP contribution >= 0.6 is 0 Å². The van der Waals surface area contributed by atoms with E-state index in [0.717, 1.165) is 23.0 Å². The highest BCUT2D eigenvalue weighted by Gasteiger charge is 2.52. The third kappa shape index (κ3) is 2.70. The zero-order valence-electron chi connectivity index (χ0n) is 16.8. The maximum Gasteiger partial charge on any atom is 0.135 e. The van der Waals surface area contributed by atoms with Gasteiger partial charge in [0.15, 0.2) is 0 Å². The third-order valence-electron chi connectivity index (χ3n) is 5.81. The molecule has 4 rings (SSSR count). The average Bonchev–Trinajstić information content (AvgIpc) is 2.78. The van der Waals surface area contributed by atoms with Gasteiger partial charge in [-0.2, -0.15) is 0 Å². The molecule has 0 saturated carbocycles. The number of methoxy groups -OCH3 is 2. The van der Waals surface area contributed by atoms with Crippen LogP contribution in [0.1, 0.15) is 30.0 Å². The molecule has 1 heterocycles. The Morgan fingerprint density at radius 1 is 0.862 bits per heavy atom. The molecule has 0 bridgehead atoms. The summed E-state index contributed by atoms with van der Waals surface area (Å²) in [4.78, 5) is 12.5. The van der Waals surface area contributed by atoms with Crippen LogP contribution in [0.3, 0.4) is 0 Å². The fourth-order valence-corrected chi connectivity index (χ4v) is 4.63. The van der Waals surface area contributed by atoms with Gasteiger partial charge in [-0.1, -0.05) is 49.4 Å². The van der Waals surface area contributed by atoms with Crippen molar-refractivity contribution in [2.75, 3.05) is 14.2 Å². The number of ether oxygens (including phenoxy) is 3. The molecule has 3 aromatic rings. The van der Waals surface area contributed by atoms with Crippen LogP contribution in [0.2, 0.25) is 0 Å². The second-order valence-corrected chi connectivity index (χ2v) is 7.09. The standard InChI is InChI=1S/C25H24O4/c1-4-17(16-26)25(18-10-6-5-7-11-18)23-19(27-2)12-8-14-21(23)29-22-15-9-13-20(28-3)24(22)25/h5-17H,4H2,1-3H3. The number of hydrogen-bond acceptors (Lipinski definition) is 4. The Morgan fingerprint density at radius 2 is 1.41 bits per heavy atom. The van der Waals surface area contributed by atoms with Gasteiger partial charge in [0.2, 0.25) is 0 Å². The summed E-state index contributed by atoms with van der Waals surface area (Å²) in [5, 5.41) is 0. The number of benzene rings is 3. The van der Waals surface area contributed by atoms with Crippen LogP contribution in [0, 0.1) is 5.92 Å². The number of carbonyl (C=O) groups is 1. The minimum absolute atomic E-state index is 0.348. The minimum atomic E-state index is -0.806. The first-order valence-electron chi connectivity index (χ1n) is 9.75. The quantitative estimate of drug-likeness (QED) is 0.533. The van der Waals surface area contributed by atoms with Crippen LogP contribution in [0.5, 0.6) is 23.0 Å². The summed E-state index contributed by atoms with van der Waals surface area (Å²) in [7, 11) is 3.29. The van der Waals surface area contributed by atoms with Crippen molar-refractivity contribution >= 4 is 6.29 Å². The zero-order chi connectivity index (χ0) is 20.4. The third-order valence-corrected chi connectivity index (χ3v) is 5.81. The second-order valence-electron chi connectivity index (χ2n) is 7.09. The number of hydrogen-bond donors (Lipinski definition) is 0. The van der Waals surface area contributed by atoms with Crippen LogP contribution < -0.4 is 14.2 Å². The molecule has 1 atom stereocenters. The molecule has 0 amide bonds. The highest BCUT2D eigenvalue weighted by atomic mass is 16.5. The largest absolute Gasteiger partial charge is 0.496 e. The van der Waals surface area contributed by atoms with Gasteiger partial charge in [-0.25, -0.2) is 0 Å². The molecule has 29 heavy (non-hydrogen) atoms. The van der Waals surface area contributed by atoms with Gasteiger partial charge in [-0.15, -0.1) is 0 Å². The molecule has 0 spiro atoms. The first-order chi connectivity index (χ1) is 14.2. The molecular formula is C25H24O4. The summed E-state index contributed by atoms with van der Waals surface area (Å²) in [5.41, 5.74) is 1.90. The van der Waals surface area contributed by atoms with Gasteiger partial charge < -0.3 is 19.0 Å². The SMILES string of the molecule is CCC(C=O)C1(c2ccccc2)c2c(OC)cccc2Oc2cccc(OC)c21. The van der Waals surface area contributed by atoms with E-state index in [2.05, 4.69) is 12.1 Å². The minimum Gasteiger partial charge on any atom is -0.496 e. The fraction of sp³-hybridized carbons (Fsp3) is 0.240. The van der Waals surface area contributed by atoms with Gasteiger partial charge in [-0.3, -0.25) is 0 Å². The molecule has 0 fully saturated rings. The Balaban J connectivity index is 2.24. The van der Waals surface area contributed by atoms with Crippen LogP contribution in [0.4, 0.5) is 0 Å².